The average molecular weight is 837 g/mol. The van der Waals surface area contributed by atoms with Crippen LogP contribution in [0.3, 0.4) is 0 Å². The van der Waals surface area contributed by atoms with Gasteiger partial charge >= 0.3 is 0 Å². The van der Waals surface area contributed by atoms with E-state index in [0.29, 0.717) is 5.41 Å². The first kappa shape index (κ1) is 37.1. The van der Waals surface area contributed by atoms with E-state index in [2.05, 4.69) is 211 Å². The first-order valence-corrected chi connectivity index (χ1v) is 23.6. The molecule has 9 aromatic carbocycles. The Labute approximate surface area is 379 Å². The quantitative estimate of drug-likeness (QED) is 0.159. The van der Waals surface area contributed by atoms with Crippen LogP contribution >= 0.6 is 0 Å². The topological polar surface area (TPSA) is 21.3 Å². The minimum Gasteiger partial charge on any atom is -0.456 e. The number of aromatic nitrogens is 1. The number of para-hydroxylation sites is 2. The van der Waals surface area contributed by atoms with E-state index in [1.165, 1.54) is 80.5 Å². The molecule has 0 spiro atoms. The Morgan fingerprint density at radius 3 is 1.91 bits per heavy atom. The molecule has 5 saturated carbocycles. The Morgan fingerprint density at radius 2 is 1.14 bits per heavy atom. The number of nitrogens with zero attached hydrogens (tertiary/aromatic N) is 2. The molecule has 5 atom stereocenters. The van der Waals surface area contributed by atoms with Gasteiger partial charge in [-0.1, -0.05) is 140 Å². The van der Waals surface area contributed by atoms with Crippen LogP contribution in [0.5, 0.6) is 0 Å². The van der Waals surface area contributed by atoms with Gasteiger partial charge in [-0.25, -0.2) is 0 Å². The molecule has 3 unspecified atom stereocenters. The minimum atomic E-state index is 0.418. The summed E-state index contributed by atoms with van der Waals surface area (Å²) in [6.07, 6.45) is 5.67. The van der Waals surface area contributed by atoms with E-state index in [1.54, 1.807) is 5.56 Å². The molecule has 3 heteroatoms. The molecule has 3 nitrogen and oxygen atoms in total. The number of furan rings is 1. The molecule has 312 valence electrons. The lowest BCUT2D eigenvalue weighted by Gasteiger charge is -2.64. The van der Waals surface area contributed by atoms with Gasteiger partial charge in [0.2, 0.25) is 0 Å². The molecule has 5 aliphatic rings. The Morgan fingerprint density at radius 1 is 0.492 bits per heavy atom. The lowest BCUT2D eigenvalue weighted by atomic mass is 9.40. The lowest BCUT2D eigenvalue weighted by Crippen LogP contribution is -2.59. The summed E-state index contributed by atoms with van der Waals surface area (Å²) in [6.45, 7) is 2.49. The summed E-state index contributed by atoms with van der Waals surface area (Å²) in [5.74, 6) is 3.74. The lowest BCUT2D eigenvalue weighted by molar-refractivity contribution is -0.0964. The Bertz CT molecular complexity index is 3650. The van der Waals surface area contributed by atoms with Gasteiger partial charge in [-0.2, -0.15) is 0 Å². The fraction of sp³-hybridized carbons (Fsp3) is 0.161. The second-order valence-corrected chi connectivity index (χ2v) is 19.5. The van der Waals surface area contributed by atoms with E-state index in [1.807, 2.05) is 6.07 Å². The maximum absolute atomic E-state index is 6.44. The summed E-state index contributed by atoms with van der Waals surface area (Å²) in [6, 6.07) is 73.8. The third kappa shape index (κ3) is 5.61. The third-order valence-electron chi connectivity index (χ3n) is 16.1. The molecule has 5 fully saturated rings. The van der Waals surface area contributed by atoms with Gasteiger partial charge in [0.25, 0.3) is 0 Å². The Hall–Kier alpha value is -7.36. The molecule has 0 radical (unpaired) electrons. The van der Waals surface area contributed by atoms with E-state index in [9.17, 15) is 0 Å². The highest BCUT2D eigenvalue weighted by atomic mass is 16.3. The van der Waals surface area contributed by atoms with Crippen LogP contribution in [0, 0.1) is 23.7 Å². The maximum atomic E-state index is 6.44. The van der Waals surface area contributed by atoms with E-state index in [4.69, 9.17) is 4.42 Å². The fourth-order valence-electron chi connectivity index (χ4n) is 13.1. The number of benzene rings is 9. The predicted octanol–water partition coefficient (Wildman–Crippen LogP) is 17.0. The zero-order chi connectivity index (χ0) is 42.8. The van der Waals surface area contributed by atoms with Crippen LogP contribution in [0.2, 0.25) is 0 Å². The molecule has 0 aliphatic heterocycles. The van der Waals surface area contributed by atoms with Crippen molar-refractivity contribution in [2.45, 2.75) is 38.0 Å². The molecular formula is C62H48N2O. The van der Waals surface area contributed by atoms with Crippen molar-refractivity contribution in [1.29, 1.82) is 0 Å². The van der Waals surface area contributed by atoms with Crippen molar-refractivity contribution in [3.8, 4) is 27.9 Å². The number of hydrogen-bond acceptors (Lipinski definition) is 2. The molecular weight excluding hydrogens is 789 g/mol. The summed E-state index contributed by atoms with van der Waals surface area (Å²) < 4.78 is 8.89. The largest absolute Gasteiger partial charge is 0.456 e. The molecule has 2 heterocycles. The van der Waals surface area contributed by atoms with Crippen molar-refractivity contribution < 1.29 is 4.42 Å². The number of rotatable bonds is 7. The van der Waals surface area contributed by atoms with Crippen LogP contribution in [-0.4, -0.2) is 4.57 Å². The molecule has 11 aromatic rings. The van der Waals surface area contributed by atoms with Gasteiger partial charge in [-0.3, -0.25) is 0 Å². The smallest absolute Gasteiger partial charge is 0.137 e. The summed E-state index contributed by atoms with van der Waals surface area (Å²) in [5, 5.41) is 7.31. The second kappa shape index (κ2) is 14.1. The molecule has 16 rings (SSSR count). The molecule has 0 saturated heterocycles. The van der Waals surface area contributed by atoms with Crippen molar-refractivity contribution in [2.24, 2.45) is 23.7 Å². The second-order valence-electron chi connectivity index (χ2n) is 19.5. The fourth-order valence-corrected chi connectivity index (χ4v) is 13.1. The highest BCUT2D eigenvalue weighted by Gasteiger charge is 2.65. The zero-order valence-electron chi connectivity index (χ0n) is 36.5. The zero-order valence-corrected chi connectivity index (χ0v) is 36.5. The summed E-state index contributed by atoms with van der Waals surface area (Å²) in [7, 11) is 0. The van der Waals surface area contributed by atoms with Crippen LogP contribution in [0.4, 0.5) is 17.1 Å². The molecule has 5 aliphatic carbocycles. The van der Waals surface area contributed by atoms with Crippen LogP contribution in [0.25, 0.3) is 82.5 Å². The minimum absolute atomic E-state index is 0.418. The van der Waals surface area contributed by atoms with E-state index < -0.39 is 0 Å². The monoisotopic (exact) mass is 836 g/mol. The van der Waals surface area contributed by atoms with Gasteiger partial charge in [0.15, 0.2) is 0 Å². The number of hydrogen-bond donors (Lipinski definition) is 0. The molecule has 2 aromatic heterocycles. The van der Waals surface area contributed by atoms with Crippen molar-refractivity contribution >= 4 is 71.6 Å². The maximum Gasteiger partial charge on any atom is 0.137 e. The van der Waals surface area contributed by atoms with Crippen molar-refractivity contribution in [3.63, 3.8) is 0 Å². The standard InChI is InChI=1S/C62H48N2O/c1-39-33-45-35-57-56(45)38-62(57,37-39)46-24-17-40(18-25-46)41-19-26-47(27-20-41)63(50-30-32-54-53-14-5-7-16-59(53)65-60(54)36-50)48-28-21-42(22-29-48)44-10-8-11-49(34-44)64-58-15-6-4-13-52(58)55-31-23-43-9-2-3-12-51(43)61(55)64/h2-32,34,36,39,45,56-57H,33,35,37-38H2,1H3/t39-,45?,56+,57?,62?/m0/s1. The molecule has 4 bridgehead atoms. The van der Waals surface area contributed by atoms with Gasteiger partial charge in [0.1, 0.15) is 11.2 Å². The summed E-state index contributed by atoms with van der Waals surface area (Å²) in [4.78, 5) is 2.36. The Kier molecular flexibility index (Phi) is 8.02. The van der Waals surface area contributed by atoms with Crippen LogP contribution in [0.1, 0.15) is 38.2 Å². The summed E-state index contributed by atoms with van der Waals surface area (Å²) in [5.41, 5.74) is 15.5. The average Bonchev–Trinajstić information content (AvgIpc) is 3.77. The van der Waals surface area contributed by atoms with Gasteiger partial charge in [-0.15, -0.1) is 0 Å². The number of fused-ring (bicyclic) bond motifs is 8. The van der Waals surface area contributed by atoms with Crippen LogP contribution in [-0.2, 0) is 5.41 Å². The predicted molar refractivity (Wildman–Crippen MR) is 271 cm³/mol. The van der Waals surface area contributed by atoms with Gasteiger partial charge in [0, 0.05) is 55.7 Å². The highest BCUT2D eigenvalue weighted by molar-refractivity contribution is 6.18. The first-order valence-electron chi connectivity index (χ1n) is 23.6. The van der Waals surface area contributed by atoms with Crippen LogP contribution < -0.4 is 4.90 Å². The molecule has 0 N–H and O–H groups in total. The van der Waals surface area contributed by atoms with Gasteiger partial charge in [0.05, 0.1) is 11.0 Å². The van der Waals surface area contributed by atoms with Crippen molar-refractivity contribution in [2.75, 3.05) is 4.90 Å². The normalized spacial score (nSPS) is 21.1. The van der Waals surface area contributed by atoms with Crippen molar-refractivity contribution in [1.82, 2.24) is 4.57 Å². The van der Waals surface area contributed by atoms with E-state index >= 15 is 0 Å². The van der Waals surface area contributed by atoms with Crippen molar-refractivity contribution in [3.05, 3.63) is 206 Å². The molecule has 65 heavy (non-hydrogen) atoms. The number of anilines is 3. The van der Waals surface area contributed by atoms with Gasteiger partial charge in [-0.05, 0) is 149 Å². The Balaban J connectivity index is 0.826. The van der Waals surface area contributed by atoms with E-state index in [-0.39, 0.29) is 0 Å². The van der Waals surface area contributed by atoms with E-state index in [0.717, 1.165) is 68.4 Å². The van der Waals surface area contributed by atoms with Crippen LogP contribution in [0.15, 0.2) is 205 Å². The SMILES string of the molecule is C[C@H]1CC2CC3[C@@H]2CC3(c2ccc(-c3ccc(N(c4ccc(-c5cccc(-n6c7ccccc7c7ccc8ccccc8c76)c5)cc4)c4ccc5c(c4)oc4ccccc45)cc3)cc2)C1. The first-order chi connectivity index (χ1) is 32.1. The van der Waals surface area contributed by atoms with Gasteiger partial charge < -0.3 is 13.9 Å². The summed E-state index contributed by atoms with van der Waals surface area (Å²) >= 11 is 0. The highest BCUT2D eigenvalue weighted by Crippen LogP contribution is 2.71. The third-order valence-corrected chi connectivity index (χ3v) is 16.1. The molecule has 0 amide bonds.